The van der Waals surface area contributed by atoms with Gasteiger partial charge in [0.25, 0.3) is 5.91 Å². The number of carbonyl (C=O) groups is 2. The van der Waals surface area contributed by atoms with Crippen molar-refractivity contribution in [1.29, 1.82) is 0 Å². The zero-order valence-corrected chi connectivity index (χ0v) is 18.2. The average molecular weight is 426 g/mol. The van der Waals surface area contributed by atoms with Crippen molar-refractivity contribution in [3.63, 3.8) is 0 Å². The van der Waals surface area contributed by atoms with Crippen LogP contribution in [0.4, 0.5) is 0 Å². The number of furan rings is 1. The number of nitrogens with one attached hydrogen (secondary N) is 1. The highest BCUT2D eigenvalue weighted by Gasteiger charge is 2.44. The van der Waals surface area contributed by atoms with Gasteiger partial charge in [0.15, 0.2) is 11.5 Å². The van der Waals surface area contributed by atoms with Gasteiger partial charge in [0.05, 0.1) is 32.3 Å². The number of quaternary nitrogens is 1. The molecule has 7 nitrogen and oxygen atoms in total. The first-order valence-electron chi connectivity index (χ1n) is 10.3. The predicted molar refractivity (Wildman–Crippen MR) is 116 cm³/mol. The van der Waals surface area contributed by atoms with Gasteiger partial charge in [0, 0.05) is 13.0 Å². The Morgan fingerprint density at radius 2 is 2.10 bits per heavy atom. The molecule has 164 valence electrons. The molecule has 0 saturated carbocycles. The zero-order chi connectivity index (χ0) is 22.5. The number of hydrogen-bond donors (Lipinski definition) is 2. The Morgan fingerprint density at radius 1 is 1.32 bits per heavy atom. The van der Waals surface area contributed by atoms with Gasteiger partial charge in [-0.3, -0.25) is 9.59 Å². The van der Waals surface area contributed by atoms with E-state index >= 15 is 0 Å². The van der Waals surface area contributed by atoms with Crippen molar-refractivity contribution < 1.29 is 28.7 Å². The standard InChI is InChI=1S/C24H28N2O5/c1-5-14-30-18-9-6-8-17(15-18)21-20(22(27)19-11-10-16(2)31-19)23(28)24(29)26(21)13-7-12-25(3)4/h5-6,8-11,15,21,28H,1,7,12-14H2,2-4H3/p+1/t21-/m0/s1. The van der Waals surface area contributed by atoms with Crippen molar-refractivity contribution in [2.45, 2.75) is 19.4 Å². The van der Waals surface area contributed by atoms with E-state index in [9.17, 15) is 14.7 Å². The van der Waals surface area contributed by atoms with Crippen molar-refractivity contribution in [3.8, 4) is 5.75 Å². The molecule has 1 aromatic heterocycles. The number of aliphatic hydroxyl groups excluding tert-OH is 1. The number of benzene rings is 1. The maximum absolute atomic E-state index is 13.2. The third kappa shape index (κ3) is 4.88. The van der Waals surface area contributed by atoms with Crippen molar-refractivity contribution in [3.05, 3.63) is 77.5 Å². The van der Waals surface area contributed by atoms with Crippen molar-refractivity contribution in [2.75, 3.05) is 33.8 Å². The molecule has 2 aromatic rings. The summed E-state index contributed by atoms with van der Waals surface area (Å²) in [7, 11) is 4.07. The van der Waals surface area contributed by atoms with Crippen LogP contribution in [0, 0.1) is 6.92 Å². The van der Waals surface area contributed by atoms with E-state index in [1.807, 2.05) is 20.2 Å². The van der Waals surface area contributed by atoms with Crippen molar-refractivity contribution >= 4 is 11.7 Å². The Hall–Kier alpha value is -3.32. The first-order valence-corrected chi connectivity index (χ1v) is 10.3. The number of aliphatic hydroxyl groups is 1. The fraction of sp³-hybridized carbons (Fsp3) is 0.333. The highest BCUT2D eigenvalue weighted by atomic mass is 16.5. The fourth-order valence-electron chi connectivity index (χ4n) is 3.68. The van der Waals surface area contributed by atoms with E-state index < -0.39 is 23.5 Å². The monoisotopic (exact) mass is 425 g/mol. The summed E-state index contributed by atoms with van der Waals surface area (Å²) >= 11 is 0. The Kier molecular flexibility index (Phi) is 6.97. The molecule has 0 radical (unpaired) electrons. The van der Waals surface area contributed by atoms with E-state index in [0.29, 0.717) is 30.2 Å². The Labute approximate surface area is 182 Å². The van der Waals surface area contributed by atoms with Gasteiger partial charge in [-0.2, -0.15) is 0 Å². The Bertz CT molecular complexity index is 1000. The van der Waals surface area contributed by atoms with Crippen LogP contribution in [0.1, 0.15) is 34.3 Å². The van der Waals surface area contributed by atoms with Crippen LogP contribution in [0.5, 0.6) is 5.75 Å². The maximum Gasteiger partial charge on any atom is 0.290 e. The lowest BCUT2D eigenvalue weighted by atomic mass is 9.95. The number of nitrogens with zero attached hydrogens (tertiary/aromatic N) is 1. The van der Waals surface area contributed by atoms with Crippen LogP contribution < -0.4 is 9.64 Å². The Balaban J connectivity index is 2.01. The molecule has 0 bridgehead atoms. The molecule has 0 saturated heterocycles. The van der Waals surface area contributed by atoms with Gasteiger partial charge in [0.1, 0.15) is 18.1 Å². The van der Waals surface area contributed by atoms with Crippen LogP contribution in [0.15, 0.2) is 64.8 Å². The maximum atomic E-state index is 13.2. The normalized spacial score (nSPS) is 16.3. The van der Waals surface area contributed by atoms with Crippen LogP contribution >= 0.6 is 0 Å². The summed E-state index contributed by atoms with van der Waals surface area (Å²) in [6.07, 6.45) is 2.37. The second kappa shape index (κ2) is 9.66. The molecule has 31 heavy (non-hydrogen) atoms. The molecule has 3 rings (SSSR count). The molecular weight excluding hydrogens is 396 g/mol. The summed E-state index contributed by atoms with van der Waals surface area (Å²) in [5.74, 6) is -0.316. The van der Waals surface area contributed by atoms with Gasteiger partial charge in [-0.05, 0) is 36.8 Å². The molecule has 1 aliphatic heterocycles. The van der Waals surface area contributed by atoms with Crippen LogP contribution in [0.25, 0.3) is 0 Å². The van der Waals surface area contributed by atoms with Gasteiger partial charge in [-0.25, -0.2) is 0 Å². The molecular formula is C24H29N2O5+. The predicted octanol–water partition coefficient (Wildman–Crippen LogP) is 2.27. The lowest BCUT2D eigenvalue weighted by Gasteiger charge is -2.27. The van der Waals surface area contributed by atoms with E-state index in [4.69, 9.17) is 9.15 Å². The zero-order valence-electron chi connectivity index (χ0n) is 18.2. The van der Waals surface area contributed by atoms with Gasteiger partial charge in [-0.15, -0.1) is 0 Å². The van der Waals surface area contributed by atoms with Gasteiger partial charge < -0.3 is 24.1 Å². The van der Waals surface area contributed by atoms with Crippen LogP contribution in [-0.2, 0) is 4.79 Å². The van der Waals surface area contributed by atoms with E-state index in [1.54, 1.807) is 48.2 Å². The second-order valence-electron chi connectivity index (χ2n) is 7.89. The average Bonchev–Trinajstić information content (AvgIpc) is 3.28. The molecule has 1 aliphatic rings. The molecule has 0 spiro atoms. The van der Waals surface area contributed by atoms with Crippen LogP contribution in [0.3, 0.4) is 0 Å². The third-order valence-corrected chi connectivity index (χ3v) is 5.13. The number of rotatable bonds is 10. The first kappa shape index (κ1) is 22.4. The molecule has 1 atom stereocenters. The lowest BCUT2D eigenvalue weighted by Crippen LogP contribution is -3.05. The molecule has 1 aromatic carbocycles. The number of ether oxygens (including phenoxy) is 1. The number of aryl methyl sites for hydroxylation is 1. The van der Waals surface area contributed by atoms with Crippen LogP contribution in [0.2, 0.25) is 0 Å². The summed E-state index contributed by atoms with van der Waals surface area (Å²) < 4.78 is 11.1. The number of amides is 1. The second-order valence-corrected chi connectivity index (χ2v) is 7.89. The molecule has 0 unspecified atom stereocenters. The number of carbonyl (C=O) groups excluding carboxylic acids is 2. The molecule has 0 fully saturated rings. The van der Waals surface area contributed by atoms with Gasteiger partial charge >= 0.3 is 0 Å². The molecule has 0 aliphatic carbocycles. The molecule has 1 amide bonds. The Morgan fingerprint density at radius 3 is 2.74 bits per heavy atom. The van der Waals surface area contributed by atoms with Crippen molar-refractivity contribution in [1.82, 2.24) is 4.90 Å². The highest BCUT2D eigenvalue weighted by molar-refractivity contribution is 6.15. The quantitative estimate of drug-likeness (QED) is 0.451. The molecule has 2 N–H and O–H groups in total. The minimum atomic E-state index is -0.727. The summed E-state index contributed by atoms with van der Waals surface area (Å²) in [5, 5.41) is 10.7. The van der Waals surface area contributed by atoms with E-state index in [0.717, 1.165) is 13.0 Å². The number of hydrogen-bond acceptors (Lipinski definition) is 5. The van der Waals surface area contributed by atoms with Crippen molar-refractivity contribution in [2.24, 2.45) is 0 Å². The lowest BCUT2D eigenvalue weighted by molar-refractivity contribution is -0.858. The van der Waals surface area contributed by atoms with E-state index in [2.05, 4.69) is 6.58 Å². The SMILES string of the molecule is C=CCOc1cccc([C@H]2C(C(=O)c3ccc(C)o3)=C(O)C(=O)N2CCC[NH+](C)C)c1. The summed E-state index contributed by atoms with van der Waals surface area (Å²) in [5.41, 5.74) is 0.709. The summed E-state index contributed by atoms with van der Waals surface area (Å²) in [4.78, 5) is 29.0. The third-order valence-electron chi connectivity index (χ3n) is 5.13. The number of Topliss-reactive ketones (excluding diaryl/α,β-unsaturated/α-hetero) is 1. The summed E-state index contributed by atoms with van der Waals surface area (Å²) in [6, 6.07) is 9.71. The minimum Gasteiger partial charge on any atom is -0.503 e. The molecule has 7 heteroatoms. The number of ketones is 1. The van der Waals surface area contributed by atoms with E-state index in [1.165, 1.54) is 4.90 Å². The molecule has 2 heterocycles. The minimum absolute atomic E-state index is 0.0254. The fourth-order valence-corrected chi connectivity index (χ4v) is 3.68. The largest absolute Gasteiger partial charge is 0.503 e. The first-order chi connectivity index (χ1) is 14.8. The van der Waals surface area contributed by atoms with Crippen LogP contribution in [-0.4, -0.2) is 55.5 Å². The van der Waals surface area contributed by atoms with Gasteiger partial charge in [0.2, 0.25) is 5.78 Å². The highest BCUT2D eigenvalue weighted by Crippen LogP contribution is 2.40. The summed E-state index contributed by atoms with van der Waals surface area (Å²) in [6.45, 7) is 6.97. The van der Waals surface area contributed by atoms with Gasteiger partial charge in [-0.1, -0.05) is 24.8 Å². The smallest absolute Gasteiger partial charge is 0.290 e. The topological polar surface area (TPSA) is 84.4 Å². The van der Waals surface area contributed by atoms with E-state index in [-0.39, 0.29) is 11.3 Å².